The molecule has 0 saturated heterocycles. The van der Waals surface area contributed by atoms with Crippen LogP contribution in [0.4, 0.5) is 0 Å². The molecule has 0 fully saturated rings. The number of aliphatic hydroxyl groups excluding tert-OH is 3. The second-order valence-electron chi connectivity index (χ2n) is 1.66. The van der Waals surface area contributed by atoms with Crippen LogP contribution in [0.15, 0.2) is 0 Å². The summed E-state index contributed by atoms with van der Waals surface area (Å²) in [4.78, 5) is 0. The highest BCUT2D eigenvalue weighted by Gasteiger charge is 1.43. The van der Waals surface area contributed by atoms with Crippen molar-refractivity contribution in [2.45, 2.75) is 20.8 Å². The Bertz CT molecular complexity index is 74.3. The summed E-state index contributed by atoms with van der Waals surface area (Å²) in [6.45, 7) is 5.79. The molecule has 0 aliphatic rings. The Morgan fingerprint density at radius 1 is 0.300 bits per heavy atom. The quantitative estimate of drug-likeness (QED) is 0.218. The molecule has 30 heavy (non-hydrogen) atoms. The van der Waals surface area contributed by atoms with Gasteiger partial charge in [0.1, 0.15) is 0 Å². The van der Waals surface area contributed by atoms with E-state index >= 15 is 0 Å². The maximum Gasteiger partial charge on any atom is 0.0967 e. The average Bonchev–Trinajstić information content (AvgIpc) is 2.61. The molecule has 0 rings (SSSR count). The number of halogens is 14. The average molecular weight is 733 g/mol. The normalized spacial score (nSPS) is 6.00. The highest BCUT2D eigenvalue weighted by molar-refractivity contribution is 6.42. The summed E-state index contributed by atoms with van der Waals surface area (Å²) in [5.41, 5.74) is 0. The van der Waals surface area contributed by atoms with Crippen LogP contribution in [0.3, 0.4) is 0 Å². The lowest BCUT2D eigenvalue weighted by molar-refractivity contribution is 0.318. The molecule has 0 spiro atoms. The van der Waals surface area contributed by atoms with E-state index in [1.165, 1.54) is 0 Å². The third-order valence-corrected chi connectivity index (χ3v) is 0. The fourth-order valence-electron chi connectivity index (χ4n) is 0. The van der Waals surface area contributed by atoms with Gasteiger partial charge in [0.25, 0.3) is 0 Å². The van der Waals surface area contributed by atoms with Crippen LogP contribution >= 0.6 is 162 Å². The van der Waals surface area contributed by atoms with Crippen molar-refractivity contribution in [1.29, 1.82) is 0 Å². The van der Waals surface area contributed by atoms with E-state index in [0.717, 1.165) is 0 Å². The van der Waals surface area contributed by atoms with Crippen molar-refractivity contribution in [3.63, 3.8) is 0 Å². The molecule has 0 bridgehead atoms. The molecular formula is C13H32Cl14O3. The van der Waals surface area contributed by atoms with Gasteiger partial charge in [0.05, 0.1) is 37.4 Å². The monoisotopic (exact) mass is 726 g/mol. The minimum Gasteiger partial charge on any atom is -0.397 e. The van der Waals surface area contributed by atoms with Crippen LogP contribution in [0.2, 0.25) is 0 Å². The molecule has 0 atom stereocenters. The zero-order valence-electron chi connectivity index (χ0n) is 16.7. The van der Waals surface area contributed by atoms with Crippen molar-refractivity contribution < 1.29 is 15.3 Å². The topological polar surface area (TPSA) is 60.7 Å². The number of rotatable bonds is 0. The molecule has 200 valence electrons. The van der Waals surface area contributed by atoms with Gasteiger partial charge in [0, 0.05) is 19.8 Å². The first-order valence-corrected chi connectivity index (χ1v) is 14.3. The molecule has 0 aliphatic carbocycles. The van der Waals surface area contributed by atoms with E-state index in [-0.39, 0.29) is 57.2 Å². The second-order valence-corrected chi connectivity index (χ2v) is 7.31. The molecule has 3 nitrogen and oxygen atoms in total. The minimum absolute atomic E-state index is 0.194. The Morgan fingerprint density at radius 3 is 0.300 bits per heavy atom. The maximum atomic E-state index is 7.57. The number of aliphatic hydroxyl groups is 3. The van der Waals surface area contributed by atoms with Crippen LogP contribution in [0.1, 0.15) is 20.8 Å². The number of alkyl halides is 14. The largest absolute Gasteiger partial charge is 0.397 e. The van der Waals surface area contributed by atoms with Gasteiger partial charge >= 0.3 is 0 Å². The zero-order valence-corrected chi connectivity index (χ0v) is 27.3. The van der Waals surface area contributed by atoms with E-state index in [1.54, 1.807) is 20.8 Å². The van der Waals surface area contributed by atoms with Crippen LogP contribution < -0.4 is 0 Å². The number of hydrogen-bond donors (Lipinski definition) is 3. The molecule has 0 aromatic carbocycles. The Labute approximate surface area is 253 Å². The van der Waals surface area contributed by atoms with Crippen molar-refractivity contribution in [2.75, 3.05) is 57.2 Å². The third kappa shape index (κ3) is 1970. The SMILES string of the molecule is CCO.CCO.CCO.ClCCl.ClCCl.ClCCl.ClCCl.ClCCl.ClCCl.ClCCl. The first kappa shape index (κ1) is 64.3. The van der Waals surface area contributed by atoms with E-state index in [9.17, 15) is 0 Å². The van der Waals surface area contributed by atoms with Crippen molar-refractivity contribution in [1.82, 2.24) is 0 Å². The molecular weight excluding hydrogens is 700 g/mol. The first-order chi connectivity index (χ1) is 14.1. The molecule has 0 aromatic rings. The molecule has 0 aliphatic heterocycles. The summed E-state index contributed by atoms with van der Waals surface area (Å²) < 4.78 is 0. The highest BCUT2D eigenvalue weighted by atomic mass is 35.6. The molecule has 0 unspecified atom stereocenters. The van der Waals surface area contributed by atoms with Gasteiger partial charge in [-0.05, 0) is 20.8 Å². The van der Waals surface area contributed by atoms with E-state index in [4.69, 9.17) is 178 Å². The smallest absolute Gasteiger partial charge is 0.0967 e. The Balaban J connectivity index is -0.0000000185. The maximum absolute atomic E-state index is 7.57. The lowest BCUT2D eigenvalue weighted by Gasteiger charge is -1.52. The van der Waals surface area contributed by atoms with Crippen LogP contribution in [-0.4, -0.2) is 72.5 Å². The summed E-state index contributed by atoms with van der Waals surface area (Å²) in [7, 11) is 0. The Morgan fingerprint density at radius 2 is 0.300 bits per heavy atom. The summed E-state index contributed by atoms with van der Waals surface area (Å²) >= 11 is 66.7. The summed E-state index contributed by atoms with van der Waals surface area (Å²) in [6.07, 6.45) is 0. The highest BCUT2D eigenvalue weighted by Crippen LogP contribution is 1.75. The van der Waals surface area contributed by atoms with Gasteiger partial charge in [0.2, 0.25) is 0 Å². The predicted octanol–water partition coefficient (Wildman–Crippen LogP) is 9.95. The van der Waals surface area contributed by atoms with Gasteiger partial charge in [-0.15, -0.1) is 162 Å². The Hall–Kier alpha value is 3.94. The van der Waals surface area contributed by atoms with Crippen LogP contribution in [-0.2, 0) is 0 Å². The molecule has 0 radical (unpaired) electrons. The summed E-state index contributed by atoms with van der Waals surface area (Å²) in [5, 5.41) is 24.1. The van der Waals surface area contributed by atoms with Crippen LogP contribution in [0, 0.1) is 0 Å². The van der Waals surface area contributed by atoms with Crippen molar-refractivity contribution in [2.24, 2.45) is 0 Å². The summed E-state index contributed by atoms with van der Waals surface area (Å²) in [6, 6.07) is 0. The lowest BCUT2D eigenvalue weighted by Crippen LogP contribution is -1.57. The standard InChI is InChI=1S/3C2H6O.7CH2Cl2/c3*1-2-3;7*2-1-3/h3*3H,2H2,1H3;7*1H2. The van der Waals surface area contributed by atoms with Gasteiger partial charge in [0.15, 0.2) is 0 Å². The minimum atomic E-state index is 0.194. The molecule has 0 heterocycles. The van der Waals surface area contributed by atoms with Crippen molar-refractivity contribution >= 4 is 162 Å². The van der Waals surface area contributed by atoms with Gasteiger partial charge in [-0.1, -0.05) is 0 Å². The molecule has 17 heteroatoms. The zero-order chi connectivity index (χ0) is 27.1. The fraction of sp³-hybridized carbons (Fsp3) is 1.00. The van der Waals surface area contributed by atoms with Gasteiger partial charge in [-0.2, -0.15) is 0 Å². The second kappa shape index (κ2) is 173. The van der Waals surface area contributed by atoms with E-state index < -0.39 is 0 Å². The fourth-order valence-corrected chi connectivity index (χ4v) is 0. The number of hydrogen-bond acceptors (Lipinski definition) is 3. The van der Waals surface area contributed by atoms with Crippen molar-refractivity contribution in [3.8, 4) is 0 Å². The van der Waals surface area contributed by atoms with Crippen LogP contribution in [0.5, 0.6) is 0 Å². The van der Waals surface area contributed by atoms with Crippen LogP contribution in [0.25, 0.3) is 0 Å². The molecule has 3 N–H and O–H groups in total. The van der Waals surface area contributed by atoms with E-state index in [0.29, 0.717) is 0 Å². The van der Waals surface area contributed by atoms with E-state index in [2.05, 4.69) is 0 Å². The van der Waals surface area contributed by atoms with Gasteiger partial charge in [-0.25, -0.2) is 0 Å². The first-order valence-electron chi connectivity index (χ1n) is 6.81. The molecule has 0 amide bonds. The third-order valence-electron chi connectivity index (χ3n) is 0. The van der Waals surface area contributed by atoms with Gasteiger partial charge in [-0.3, -0.25) is 0 Å². The Kier molecular flexibility index (Phi) is 370. The molecule has 0 saturated carbocycles. The van der Waals surface area contributed by atoms with Crippen molar-refractivity contribution in [3.05, 3.63) is 0 Å². The summed E-state index contributed by atoms with van der Waals surface area (Å²) in [5.74, 6) is 0. The van der Waals surface area contributed by atoms with E-state index in [1.807, 2.05) is 0 Å². The lowest BCUT2D eigenvalue weighted by atomic mass is 10.9. The molecule has 0 aromatic heterocycles. The predicted molar refractivity (Wildman–Crippen MR) is 154 cm³/mol. The van der Waals surface area contributed by atoms with Gasteiger partial charge < -0.3 is 15.3 Å².